The Kier molecular flexibility index (Phi) is 4.81. The number of amides is 1. The van der Waals surface area contributed by atoms with Gasteiger partial charge in [0, 0.05) is 7.05 Å². The molecule has 112 valence electrons. The Balaban J connectivity index is 1.82. The van der Waals surface area contributed by atoms with Crippen molar-refractivity contribution in [1.82, 2.24) is 15.1 Å². The van der Waals surface area contributed by atoms with Crippen molar-refractivity contribution in [2.45, 2.75) is 13.3 Å². The van der Waals surface area contributed by atoms with Crippen molar-refractivity contribution in [2.24, 2.45) is 7.05 Å². The van der Waals surface area contributed by atoms with Gasteiger partial charge in [-0.1, -0.05) is 19.1 Å². The number of nitrogens with one attached hydrogen (secondary N) is 1. The Bertz CT molecular complexity index is 622. The Morgan fingerprint density at radius 3 is 2.86 bits per heavy atom. The molecule has 0 saturated carbocycles. The second kappa shape index (κ2) is 6.78. The summed E-state index contributed by atoms with van der Waals surface area (Å²) in [5, 5.41) is 7.05. The van der Waals surface area contributed by atoms with Crippen LogP contribution in [0.5, 0.6) is 5.75 Å². The molecule has 6 heteroatoms. The fourth-order valence-corrected chi connectivity index (χ4v) is 1.94. The molecular weight excluding hydrogens is 268 g/mol. The summed E-state index contributed by atoms with van der Waals surface area (Å²) in [6.07, 6.45) is 0.803. The minimum absolute atomic E-state index is 0.158. The van der Waals surface area contributed by atoms with Gasteiger partial charge in [0.1, 0.15) is 18.1 Å². The number of nitrogens with zero attached hydrogens (tertiary/aromatic N) is 2. The van der Waals surface area contributed by atoms with Crippen LogP contribution in [0.3, 0.4) is 0 Å². The number of carbonyl (C=O) groups excluding carboxylic acids is 1. The van der Waals surface area contributed by atoms with Crippen LogP contribution in [0, 0.1) is 0 Å². The molecule has 0 fully saturated rings. The molecule has 0 atom stereocenters. The summed E-state index contributed by atoms with van der Waals surface area (Å²) < 4.78 is 7.11. The maximum Gasteiger partial charge on any atom is 0.269 e. The summed E-state index contributed by atoms with van der Waals surface area (Å²) in [6, 6.07) is 9.07. The summed E-state index contributed by atoms with van der Waals surface area (Å²) in [4.78, 5) is 12.0. The Morgan fingerprint density at radius 1 is 1.43 bits per heavy atom. The first-order chi connectivity index (χ1) is 10.1. The van der Waals surface area contributed by atoms with Crippen molar-refractivity contribution < 1.29 is 9.53 Å². The number of rotatable bonds is 6. The van der Waals surface area contributed by atoms with Gasteiger partial charge in [0.05, 0.1) is 17.9 Å². The Morgan fingerprint density at radius 2 is 2.19 bits per heavy atom. The van der Waals surface area contributed by atoms with Crippen LogP contribution in [-0.4, -0.2) is 28.8 Å². The quantitative estimate of drug-likeness (QED) is 0.621. The van der Waals surface area contributed by atoms with E-state index in [1.165, 1.54) is 0 Å². The van der Waals surface area contributed by atoms with Crippen LogP contribution >= 0.6 is 0 Å². The average Bonchev–Trinajstić information content (AvgIpc) is 2.86. The first kappa shape index (κ1) is 14.9. The second-order valence-electron chi connectivity index (χ2n) is 4.64. The van der Waals surface area contributed by atoms with Crippen molar-refractivity contribution in [1.29, 1.82) is 0 Å². The number of nitrogen functional groups attached to an aromatic ring is 1. The number of hydrogen-bond acceptors (Lipinski definition) is 4. The molecule has 0 bridgehead atoms. The molecule has 2 rings (SSSR count). The lowest BCUT2D eigenvalue weighted by atomic mass is 10.3. The highest BCUT2D eigenvalue weighted by Gasteiger charge is 2.11. The predicted octanol–water partition coefficient (Wildman–Crippen LogP) is 1.37. The number of anilines is 1. The topological polar surface area (TPSA) is 82.2 Å². The third-order valence-electron chi connectivity index (χ3n) is 3.09. The van der Waals surface area contributed by atoms with Gasteiger partial charge in [-0.2, -0.15) is 5.10 Å². The maximum absolute atomic E-state index is 12.0. The maximum atomic E-state index is 12.0. The highest BCUT2D eigenvalue weighted by molar-refractivity contribution is 5.92. The van der Waals surface area contributed by atoms with E-state index in [1.54, 1.807) is 29.9 Å². The number of ether oxygens (including phenoxy) is 1. The minimum Gasteiger partial charge on any atom is -0.490 e. The molecule has 1 heterocycles. The molecule has 0 saturated heterocycles. The van der Waals surface area contributed by atoms with Crippen LogP contribution < -0.4 is 15.8 Å². The minimum atomic E-state index is -0.158. The molecule has 3 N–H and O–H groups in total. The molecule has 1 aromatic carbocycles. The van der Waals surface area contributed by atoms with E-state index in [9.17, 15) is 4.79 Å². The van der Waals surface area contributed by atoms with Crippen LogP contribution in [0.4, 0.5) is 5.69 Å². The van der Waals surface area contributed by atoms with Gasteiger partial charge in [0.25, 0.3) is 5.91 Å². The van der Waals surface area contributed by atoms with Gasteiger partial charge in [0.15, 0.2) is 0 Å². The van der Waals surface area contributed by atoms with Crippen LogP contribution in [-0.2, 0) is 13.5 Å². The van der Waals surface area contributed by atoms with E-state index in [2.05, 4.69) is 10.4 Å². The number of aromatic nitrogens is 2. The van der Waals surface area contributed by atoms with Gasteiger partial charge in [-0.05, 0) is 24.6 Å². The highest BCUT2D eigenvalue weighted by atomic mass is 16.5. The first-order valence-electron chi connectivity index (χ1n) is 6.90. The monoisotopic (exact) mass is 288 g/mol. The zero-order valence-electron chi connectivity index (χ0n) is 12.3. The van der Waals surface area contributed by atoms with Crippen molar-refractivity contribution in [3.05, 3.63) is 41.7 Å². The van der Waals surface area contributed by atoms with Crippen LogP contribution in [0.15, 0.2) is 30.3 Å². The molecular formula is C15H20N4O2. The SMILES string of the molecule is CCc1cc(C(=O)NCCOc2ccccc2N)n(C)n1. The smallest absolute Gasteiger partial charge is 0.269 e. The lowest BCUT2D eigenvalue weighted by molar-refractivity contribution is 0.0937. The van der Waals surface area contributed by atoms with E-state index < -0.39 is 0 Å². The van der Waals surface area contributed by atoms with Crippen LogP contribution in [0.25, 0.3) is 0 Å². The summed E-state index contributed by atoms with van der Waals surface area (Å²) in [5.74, 6) is 0.467. The number of carbonyl (C=O) groups is 1. The summed E-state index contributed by atoms with van der Waals surface area (Å²) in [6.45, 7) is 2.76. The fourth-order valence-electron chi connectivity index (χ4n) is 1.94. The van der Waals surface area contributed by atoms with Crippen molar-refractivity contribution >= 4 is 11.6 Å². The van der Waals surface area contributed by atoms with E-state index in [4.69, 9.17) is 10.5 Å². The van der Waals surface area contributed by atoms with E-state index >= 15 is 0 Å². The molecule has 0 aliphatic carbocycles. The molecule has 0 unspecified atom stereocenters. The van der Waals surface area contributed by atoms with Crippen LogP contribution in [0.2, 0.25) is 0 Å². The number of para-hydroxylation sites is 2. The van der Waals surface area contributed by atoms with Gasteiger partial charge in [-0.3, -0.25) is 9.48 Å². The van der Waals surface area contributed by atoms with E-state index in [-0.39, 0.29) is 5.91 Å². The highest BCUT2D eigenvalue weighted by Crippen LogP contribution is 2.19. The third-order valence-corrected chi connectivity index (χ3v) is 3.09. The molecule has 21 heavy (non-hydrogen) atoms. The molecule has 1 aromatic heterocycles. The molecule has 6 nitrogen and oxygen atoms in total. The summed E-state index contributed by atoms with van der Waals surface area (Å²) in [7, 11) is 1.76. The van der Waals surface area contributed by atoms with E-state index in [0.717, 1.165) is 12.1 Å². The van der Waals surface area contributed by atoms with Gasteiger partial charge < -0.3 is 15.8 Å². The second-order valence-corrected chi connectivity index (χ2v) is 4.64. The third kappa shape index (κ3) is 3.75. The van der Waals surface area contributed by atoms with Gasteiger partial charge in [-0.25, -0.2) is 0 Å². The van der Waals surface area contributed by atoms with Crippen molar-refractivity contribution in [3.8, 4) is 5.75 Å². The predicted molar refractivity (Wildman–Crippen MR) is 81.3 cm³/mol. The molecule has 1 amide bonds. The van der Waals surface area contributed by atoms with Crippen LogP contribution in [0.1, 0.15) is 23.1 Å². The van der Waals surface area contributed by atoms with Gasteiger partial charge >= 0.3 is 0 Å². The Labute approximate surface area is 123 Å². The standard InChI is InChI=1S/C15H20N4O2/c1-3-11-10-13(19(2)18-11)15(20)17-8-9-21-14-7-5-4-6-12(14)16/h4-7,10H,3,8-9,16H2,1-2H3,(H,17,20). The lowest BCUT2D eigenvalue weighted by Gasteiger charge is -2.09. The average molecular weight is 288 g/mol. The zero-order chi connectivity index (χ0) is 15.2. The van der Waals surface area contributed by atoms with Gasteiger partial charge in [-0.15, -0.1) is 0 Å². The number of nitrogens with two attached hydrogens (primary N) is 1. The molecule has 0 radical (unpaired) electrons. The summed E-state index contributed by atoms with van der Waals surface area (Å²) >= 11 is 0. The van der Waals surface area contributed by atoms with E-state index in [1.807, 2.05) is 19.1 Å². The van der Waals surface area contributed by atoms with E-state index in [0.29, 0.717) is 30.3 Å². The normalized spacial score (nSPS) is 10.4. The molecule has 0 aliphatic heterocycles. The van der Waals surface area contributed by atoms with Crippen molar-refractivity contribution in [3.63, 3.8) is 0 Å². The summed E-state index contributed by atoms with van der Waals surface area (Å²) in [5.41, 5.74) is 7.80. The molecule has 0 spiro atoms. The Hall–Kier alpha value is -2.50. The van der Waals surface area contributed by atoms with Gasteiger partial charge in [0.2, 0.25) is 0 Å². The zero-order valence-corrected chi connectivity index (χ0v) is 12.3. The number of hydrogen-bond donors (Lipinski definition) is 2. The lowest BCUT2D eigenvalue weighted by Crippen LogP contribution is -2.29. The van der Waals surface area contributed by atoms with Crippen molar-refractivity contribution in [2.75, 3.05) is 18.9 Å². The largest absolute Gasteiger partial charge is 0.490 e. The number of aryl methyl sites for hydroxylation is 2. The molecule has 0 aliphatic rings. The fraction of sp³-hybridized carbons (Fsp3) is 0.333. The first-order valence-corrected chi connectivity index (χ1v) is 6.90. The molecule has 2 aromatic rings. The number of benzene rings is 1.